The zero-order valence-corrected chi connectivity index (χ0v) is 12.7. The number of halogens is 1. The number of nitro groups is 1. The fourth-order valence-electron chi connectivity index (χ4n) is 1.84. The minimum Gasteiger partial charge on any atom is -1.00 e. The molecule has 0 saturated carbocycles. The quantitative estimate of drug-likeness (QED) is 0.301. The first-order valence-electron chi connectivity index (χ1n) is 6.49. The molecule has 0 aliphatic heterocycles. The van der Waals surface area contributed by atoms with Gasteiger partial charge in [0.2, 0.25) is 12.3 Å². The third-order valence-corrected chi connectivity index (χ3v) is 2.90. The van der Waals surface area contributed by atoms with Gasteiger partial charge < -0.3 is 17.1 Å². The Labute approximate surface area is 133 Å². The van der Waals surface area contributed by atoms with Gasteiger partial charge in [-0.15, -0.1) is 0 Å². The van der Waals surface area contributed by atoms with Crippen molar-refractivity contribution >= 4 is 11.5 Å². The van der Waals surface area contributed by atoms with Gasteiger partial charge in [-0.3, -0.25) is 14.9 Å². The topological polar surface area (TPSA) is 73.3 Å². The van der Waals surface area contributed by atoms with Gasteiger partial charge in [0.05, 0.1) is 11.5 Å². The van der Waals surface area contributed by atoms with Gasteiger partial charge in [0.25, 0.3) is 5.69 Å². The molecule has 0 aliphatic carbocycles. The van der Waals surface area contributed by atoms with E-state index in [0.29, 0.717) is 12.2 Å². The third kappa shape index (κ3) is 4.53. The van der Waals surface area contributed by atoms with E-state index < -0.39 is 4.92 Å². The van der Waals surface area contributed by atoms with E-state index in [4.69, 9.17) is 4.74 Å². The van der Waals surface area contributed by atoms with Crippen LogP contribution < -0.4 is 21.7 Å². The number of hydrogen-bond donors (Lipinski definition) is 0. The molecule has 0 radical (unpaired) electrons. The lowest BCUT2D eigenvalue weighted by Gasteiger charge is -2.01. The van der Waals surface area contributed by atoms with Gasteiger partial charge in [-0.1, -0.05) is 0 Å². The molecule has 22 heavy (non-hydrogen) atoms. The molecule has 1 heterocycles. The molecule has 0 unspecified atom stereocenters. The van der Waals surface area contributed by atoms with Crippen LogP contribution in [-0.2, 0) is 6.54 Å². The number of nitrogens with zero attached hydrogens (tertiary/aromatic N) is 2. The Bertz CT molecular complexity index is 642. The first-order chi connectivity index (χ1) is 10.1. The van der Waals surface area contributed by atoms with Crippen molar-refractivity contribution in [1.29, 1.82) is 0 Å². The molecule has 7 heteroatoms. The highest BCUT2D eigenvalue weighted by Crippen LogP contribution is 2.12. The van der Waals surface area contributed by atoms with Crippen molar-refractivity contribution in [3.63, 3.8) is 0 Å². The van der Waals surface area contributed by atoms with Crippen LogP contribution in [0.3, 0.4) is 0 Å². The highest BCUT2D eigenvalue weighted by molar-refractivity contribution is 5.95. The van der Waals surface area contributed by atoms with E-state index in [-0.39, 0.29) is 30.4 Å². The Balaban J connectivity index is 0.00000242. The number of aromatic nitrogens is 1. The zero-order chi connectivity index (χ0) is 15.2. The summed E-state index contributed by atoms with van der Waals surface area (Å²) in [7, 11) is 0. The summed E-state index contributed by atoms with van der Waals surface area (Å²) in [6.07, 6.45) is 3.52. The normalized spacial score (nSPS) is 9.68. The fraction of sp³-hybridized carbons (Fsp3) is 0.200. The predicted octanol–water partition coefficient (Wildman–Crippen LogP) is -0.832. The van der Waals surface area contributed by atoms with Crippen molar-refractivity contribution < 1.29 is 31.4 Å². The number of carbonyl (C=O) groups excluding carboxylic acids is 1. The number of pyridine rings is 1. The SMILES string of the molecule is CCOc1cc[n+](CC(=O)c2ccc([N+](=O)[O-])cc2)cc1.[Cl-]. The Morgan fingerprint density at radius 1 is 1.18 bits per heavy atom. The van der Waals surface area contributed by atoms with E-state index in [1.54, 1.807) is 29.1 Å². The highest BCUT2D eigenvalue weighted by Gasteiger charge is 2.14. The molecule has 0 N–H and O–H groups in total. The summed E-state index contributed by atoms with van der Waals surface area (Å²) in [4.78, 5) is 22.2. The van der Waals surface area contributed by atoms with E-state index in [1.165, 1.54) is 24.3 Å². The number of ether oxygens (including phenoxy) is 1. The van der Waals surface area contributed by atoms with Crippen molar-refractivity contribution in [3.05, 3.63) is 64.5 Å². The molecule has 0 aliphatic rings. The molecule has 116 valence electrons. The molecule has 2 aromatic rings. The Kier molecular flexibility index (Phi) is 6.47. The molecule has 0 saturated heterocycles. The summed E-state index contributed by atoms with van der Waals surface area (Å²) < 4.78 is 7.05. The standard InChI is InChI=1S/C15H15N2O4.ClH/c1-2-21-14-7-9-16(10-8-14)11-15(18)12-3-5-13(6-4-12)17(19)20;/h3-10H,2,11H2,1H3;1H/q+1;/p-1. The molecule has 0 atom stereocenters. The number of carbonyl (C=O) groups is 1. The summed E-state index contributed by atoms with van der Waals surface area (Å²) in [6, 6.07) is 9.16. The molecule has 0 amide bonds. The number of benzene rings is 1. The molecule has 0 fully saturated rings. The maximum absolute atomic E-state index is 12.1. The monoisotopic (exact) mass is 322 g/mol. The van der Waals surface area contributed by atoms with Gasteiger partial charge in [0.15, 0.2) is 12.4 Å². The summed E-state index contributed by atoms with van der Waals surface area (Å²) in [5.74, 6) is 0.635. The minimum atomic E-state index is -0.491. The first-order valence-corrected chi connectivity index (χ1v) is 6.49. The van der Waals surface area contributed by atoms with Crippen LogP contribution in [-0.4, -0.2) is 17.3 Å². The second-order valence-corrected chi connectivity index (χ2v) is 4.37. The second-order valence-electron chi connectivity index (χ2n) is 4.37. The zero-order valence-electron chi connectivity index (χ0n) is 11.9. The second kappa shape index (κ2) is 8.09. The smallest absolute Gasteiger partial charge is 0.269 e. The molecular formula is C15H15ClN2O4. The Hall–Kier alpha value is -2.47. The van der Waals surface area contributed by atoms with E-state index in [1.807, 2.05) is 6.92 Å². The van der Waals surface area contributed by atoms with Gasteiger partial charge in [0, 0.05) is 29.8 Å². The number of hydrogen-bond acceptors (Lipinski definition) is 4. The van der Waals surface area contributed by atoms with Gasteiger partial charge in [-0.25, -0.2) is 0 Å². The van der Waals surface area contributed by atoms with Gasteiger partial charge in [-0.05, 0) is 19.1 Å². The van der Waals surface area contributed by atoms with Gasteiger partial charge >= 0.3 is 0 Å². The summed E-state index contributed by atoms with van der Waals surface area (Å²) in [5, 5.41) is 10.6. The van der Waals surface area contributed by atoms with E-state index >= 15 is 0 Å². The van der Waals surface area contributed by atoms with E-state index in [0.717, 1.165) is 5.75 Å². The van der Waals surface area contributed by atoms with Crippen LogP contribution in [0.15, 0.2) is 48.8 Å². The summed E-state index contributed by atoms with van der Waals surface area (Å²) in [5.41, 5.74) is 0.419. The lowest BCUT2D eigenvalue weighted by atomic mass is 10.1. The summed E-state index contributed by atoms with van der Waals surface area (Å²) in [6.45, 7) is 2.66. The lowest BCUT2D eigenvalue weighted by Crippen LogP contribution is -3.00. The summed E-state index contributed by atoms with van der Waals surface area (Å²) >= 11 is 0. The van der Waals surface area contributed by atoms with Crippen molar-refractivity contribution in [2.75, 3.05) is 6.61 Å². The third-order valence-electron chi connectivity index (χ3n) is 2.90. The maximum atomic E-state index is 12.1. The van der Waals surface area contributed by atoms with Crippen LogP contribution in [0.25, 0.3) is 0 Å². The Morgan fingerprint density at radius 3 is 2.27 bits per heavy atom. The van der Waals surface area contributed by atoms with Crippen molar-refractivity contribution in [2.45, 2.75) is 13.5 Å². The van der Waals surface area contributed by atoms with Crippen LogP contribution in [0.5, 0.6) is 5.75 Å². The lowest BCUT2D eigenvalue weighted by molar-refractivity contribution is -0.683. The largest absolute Gasteiger partial charge is 1.00 e. The first kappa shape index (κ1) is 17.6. The maximum Gasteiger partial charge on any atom is 0.269 e. The number of rotatable bonds is 6. The van der Waals surface area contributed by atoms with Crippen LogP contribution in [0.4, 0.5) is 5.69 Å². The molecule has 2 rings (SSSR count). The minimum absolute atomic E-state index is 0. The van der Waals surface area contributed by atoms with E-state index in [9.17, 15) is 14.9 Å². The molecular weight excluding hydrogens is 308 g/mol. The average Bonchev–Trinajstić information content (AvgIpc) is 2.49. The van der Waals surface area contributed by atoms with Gasteiger partial charge in [0.1, 0.15) is 5.75 Å². The fourth-order valence-corrected chi connectivity index (χ4v) is 1.84. The number of ketones is 1. The van der Waals surface area contributed by atoms with Crippen LogP contribution in [0, 0.1) is 10.1 Å². The number of non-ortho nitro benzene ring substituents is 1. The van der Waals surface area contributed by atoms with Crippen molar-refractivity contribution in [3.8, 4) is 5.75 Å². The Morgan fingerprint density at radius 2 is 1.77 bits per heavy atom. The van der Waals surface area contributed by atoms with Crippen LogP contribution in [0.1, 0.15) is 17.3 Å². The van der Waals surface area contributed by atoms with Crippen LogP contribution >= 0.6 is 0 Å². The predicted molar refractivity (Wildman–Crippen MR) is 75.2 cm³/mol. The molecule has 6 nitrogen and oxygen atoms in total. The highest BCUT2D eigenvalue weighted by atomic mass is 35.5. The average molecular weight is 323 g/mol. The number of nitro benzene ring substituents is 1. The van der Waals surface area contributed by atoms with Gasteiger partial charge in [-0.2, -0.15) is 4.57 Å². The molecule has 1 aromatic heterocycles. The molecule has 1 aromatic carbocycles. The van der Waals surface area contributed by atoms with Crippen molar-refractivity contribution in [1.82, 2.24) is 0 Å². The molecule has 0 spiro atoms. The van der Waals surface area contributed by atoms with Crippen LogP contribution in [0.2, 0.25) is 0 Å². The van der Waals surface area contributed by atoms with E-state index in [2.05, 4.69) is 0 Å². The number of Topliss-reactive ketones (excluding diaryl/α,β-unsaturated/α-hetero) is 1. The molecule has 0 bridgehead atoms. The van der Waals surface area contributed by atoms with Crippen molar-refractivity contribution in [2.24, 2.45) is 0 Å².